The van der Waals surface area contributed by atoms with Gasteiger partial charge >= 0.3 is 0 Å². The maximum absolute atomic E-state index is 13.4. The van der Waals surface area contributed by atoms with Crippen LogP contribution >= 0.6 is 0 Å². The molecule has 0 aliphatic heterocycles. The zero-order chi connectivity index (χ0) is 24.0. The van der Waals surface area contributed by atoms with Gasteiger partial charge in [0.25, 0.3) is 0 Å². The predicted molar refractivity (Wildman–Crippen MR) is 137 cm³/mol. The average molecular weight is 477 g/mol. The molecule has 8 aliphatic carbocycles. The van der Waals surface area contributed by atoms with E-state index in [1.165, 1.54) is 57.8 Å². The second kappa shape index (κ2) is 7.05. The molecule has 2 nitrogen and oxygen atoms in total. The van der Waals surface area contributed by atoms with Crippen LogP contribution in [0.4, 0.5) is 0 Å². The van der Waals surface area contributed by atoms with Gasteiger partial charge in [-0.05, 0) is 141 Å². The van der Waals surface area contributed by atoms with Gasteiger partial charge in [-0.3, -0.25) is 9.59 Å². The summed E-state index contributed by atoms with van der Waals surface area (Å²) in [6.07, 6.45) is 14.8. The maximum atomic E-state index is 13.4. The molecule has 8 fully saturated rings. The fourth-order valence-electron chi connectivity index (χ4n) is 14.3. The van der Waals surface area contributed by atoms with Crippen LogP contribution in [-0.2, 0) is 9.59 Å². The van der Waals surface area contributed by atoms with Crippen molar-refractivity contribution in [3.05, 3.63) is 0 Å². The minimum absolute atomic E-state index is 0.00576. The smallest absolute Gasteiger partial charge is 0.140 e. The molecule has 8 aliphatic rings. The fraction of sp³-hybridized carbons (Fsp3) is 0.939. The van der Waals surface area contributed by atoms with Gasteiger partial charge in [-0.2, -0.15) is 0 Å². The minimum Gasteiger partial charge on any atom is -0.299 e. The number of ketones is 2. The van der Waals surface area contributed by atoms with Gasteiger partial charge in [0.1, 0.15) is 11.6 Å². The summed E-state index contributed by atoms with van der Waals surface area (Å²) >= 11 is 0. The normalized spacial score (nSPS) is 60.8. The van der Waals surface area contributed by atoms with E-state index in [0.717, 1.165) is 72.0 Å². The quantitative estimate of drug-likeness (QED) is 0.430. The van der Waals surface area contributed by atoms with E-state index in [2.05, 4.69) is 27.7 Å². The van der Waals surface area contributed by atoms with Crippen molar-refractivity contribution in [1.82, 2.24) is 0 Å². The van der Waals surface area contributed by atoms with E-state index in [1.54, 1.807) is 0 Å². The predicted octanol–water partition coefficient (Wildman–Crippen LogP) is 7.20. The molecule has 0 N–H and O–H groups in total. The third-order valence-electron chi connectivity index (χ3n) is 15.5. The third kappa shape index (κ3) is 2.50. The number of rotatable bonds is 4. The SMILES string of the molecule is CCC12C(=O)CC(CC1C1CC3C4CC(CC5CCC6C7CC(C56)[C@H](C)C7=O)C(C4)C3C1)C2(C)C. The Morgan fingerprint density at radius 1 is 0.800 bits per heavy atom. The van der Waals surface area contributed by atoms with Gasteiger partial charge in [0.2, 0.25) is 0 Å². The molecule has 8 saturated carbocycles. The monoisotopic (exact) mass is 476 g/mol. The summed E-state index contributed by atoms with van der Waals surface area (Å²) in [5.41, 5.74) is 0.217. The molecule has 8 rings (SSSR count). The Morgan fingerprint density at radius 3 is 2.34 bits per heavy atom. The number of hydrogen-bond donors (Lipinski definition) is 0. The average Bonchev–Trinajstić information content (AvgIpc) is 3.65. The molecule has 0 aromatic heterocycles. The maximum Gasteiger partial charge on any atom is 0.140 e. The number of Topliss-reactive ketones (excluding diaryl/α,β-unsaturated/α-hetero) is 2. The van der Waals surface area contributed by atoms with Crippen LogP contribution in [0.3, 0.4) is 0 Å². The Hall–Kier alpha value is -0.660. The van der Waals surface area contributed by atoms with Crippen LogP contribution in [0, 0.1) is 93.7 Å². The Bertz CT molecular complexity index is 964. The minimum atomic E-state index is -0.00576. The Morgan fingerprint density at radius 2 is 1.57 bits per heavy atom. The number of carbonyl (C=O) groups excluding carboxylic acids is 2. The highest BCUT2D eigenvalue weighted by Crippen LogP contribution is 2.73. The molecular formula is C33H48O2. The van der Waals surface area contributed by atoms with Gasteiger partial charge in [0.05, 0.1) is 0 Å². The number of fused-ring (bicyclic) bond motifs is 12. The van der Waals surface area contributed by atoms with E-state index in [0.29, 0.717) is 35.2 Å². The van der Waals surface area contributed by atoms with E-state index in [9.17, 15) is 9.59 Å². The lowest BCUT2D eigenvalue weighted by molar-refractivity contribution is -0.135. The van der Waals surface area contributed by atoms with Gasteiger partial charge in [0, 0.05) is 23.7 Å². The van der Waals surface area contributed by atoms with Crippen molar-refractivity contribution in [1.29, 1.82) is 0 Å². The Labute approximate surface area is 213 Å². The summed E-state index contributed by atoms with van der Waals surface area (Å²) in [5, 5.41) is 0. The summed E-state index contributed by atoms with van der Waals surface area (Å²) in [6.45, 7) is 9.47. The summed E-state index contributed by atoms with van der Waals surface area (Å²) in [6, 6.07) is 0. The second-order valence-electron chi connectivity index (χ2n) is 15.9. The summed E-state index contributed by atoms with van der Waals surface area (Å²) in [5.74, 6) is 12.5. The lowest BCUT2D eigenvalue weighted by Gasteiger charge is -2.43. The molecule has 2 heteroatoms. The first kappa shape index (κ1) is 22.3. The van der Waals surface area contributed by atoms with Crippen molar-refractivity contribution < 1.29 is 9.59 Å². The standard InChI is InChI=1S/C33H48O2/c1-5-33-28(13-21(14-29(33)34)32(33,3)4)20-11-25-19-9-18(24(10-19)26(25)12-20)8-17-6-7-22-27-15-23(30(17)22)16(2)31(27)35/h16-28,30H,5-15H2,1-4H3/t16-,17?,18?,19?,20?,21?,22?,23?,24?,25?,26?,27?,28?,30?,33?/m0/s1. The molecule has 0 saturated heterocycles. The fourth-order valence-corrected chi connectivity index (χ4v) is 14.3. The summed E-state index contributed by atoms with van der Waals surface area (Å²) in [4.78, 5) is 26.0. The molecule has 14 unspecified atom stereocenters. The molecule has 192 valence electrons. The van der Waals surface area contributed by atoms with Crippen LogP contribution in [0.1, 0.15) is 98.3 Å². The topological polar surface area (TPSA) is 34.1 Å². The second-order valence-corrected chi connectivity index (χ2v) is 15.9. The Balaban J connectivity index is 0.984. The van der Waals surface area contributed by atoms with Crippen molar-refractivity contribution in [3.63, 3.8) is 0 Å². The molecule has 0 spiro atoms. The largest absolute Gasteiger partial charge is 0.299 e. The zero-order valence-corrected chi connectivity index (χ0v) is 22.7. The number of carbonyl (C=O) groups is 2. The highest BCUT2D eigenvalue weighted by molar-refractivity contribution is 5.90. The van der Waals surface area contributed by atoms with Gasteiger partial charge < -0.3 is 0 Å². The highest BCUT2D eigenvalue weighted by atomic mass is 16.1. The lowest BCUT2D eigenvalue weighted by atomic mass is 9.59. The van der Waals surface area contributed by atoms with Crippen LogP contribution in [-0.4, -0.2) is 11.6 Å². The molecule has 35 heavy (non-hydrogen) atoms. The first-order valence-corrected chi connectivity index (χ1v) is 15.8. The molecule has 0 heterocycles. The molecule has 0 aromatic rings. The van der Waals surface area contributed by atoms with E-state index in [4.69, 9.17) is 0 Å². The summed E-state index contributed by atoms with van der Waals surface area (Å²) in [7, 11) is 0. The van der Waals surface area contributed by atoms with Crippen LogP contribution in [0.25, 0.3) is 0 Å². The van der Waals surface area contributed by atoms with E-state index in [1.807, 2.05) is 0 Å². The van der Waals surface area contributed by atoms with Crippen molar-refractivity contribution in [2.75, 3.05) is 0 Å². The van der Waals surface area contributed by atoms with Gasteiger partial charge in [-0.15, -0.1) is 0 Å². The third-order valence-corrected chi connectivity index (χ3v) is 15.5. The molecule has 0 amide bonds. The van der Waals surface area contributed by atoms with Crippen LogP contribution < -0.4 is 0 Å². The van der Waals surface area contributed by atoms with Gasteiger partial charge in [-0.1, -0.05) is 27.7 Å². The number of hydrogen-bond acceptors (Lipinski definition) is 2. The highest BCUT2D eigenvalue weighted by Gasteiger charge is 2.70. The molecule has 0 radical (unpaired) electrons. The molecule has 0 aromatic carbocycles. The summed E-state index contributed by atoms with van der Waals surface area (Å²) < 4.78 is 0. The first-order chi connectivity index (χ1) is 16.8. The zero-order valence-electron chi connectivity index (χ0n) is 22.7. The van der Waals surface area contributed by atoms with Crippen molar-refractivity contribution >= 4 is 11.6 Å². The van der Waals surface area contributed by atoms with E-state index in [-0.39, 0.29) is 10.8 Å². The first-order valence-electron chi connectivity index (χ1n) is 15.8. The molecular weight excluding hydrogens is 428 g/mol. The Kier molecular flexibility index (Phi) is 4.50. The van der Waals surface area contributed by atoms with Gasteiger partial charge in [-0.25, -0.2) is 0 Å². The van der Waals surface area contributed by atoms with Crippen molar-refractivity contribution in [2.24, 2.45) is 93.7 Å². The van der Waals surface area contributed by atoms with Gasteiger partial charge in [0.15, 0.2) is 0 Å². The van der Waals surface area contributed by atoms with Crippen molar-refractivity contribution in [2.45, 2.75) is 98.3 Å². The van der Waals surface area contributed by atoms with Crippen LogP contribution in [0.15, 0.2) is 0 Å². The molecule has 15 atom stereocenters. The van der Waals surface area contributed by atoms with Crippen LogP contribution in [0.2, 0.25) is 0 Å². The molecule has 6 bridgehead atoms. The van der Waals surface area contributed by atoms with Crippen molar-refractivity contribution in [3.8, 4) is 0 Å². The van der Waals surface area contributed by atoms with E-state index >= 15 is 0 Å². The van der Waals surface area contributed by atoms with Crippen LogP contribution in [0.5, 0.6) is 0 Å². The lowest BCUT2D eigenvalue weighted by Crippen LogP contribution is -2.43. The van der Waals surface area contributed by atoms with E-state index < -0.39 is 0 Å².